The number of likely N-dealkylation sites (tertiary alicyclic amines) is 1. The van der Waals surface area contributed by atoms with Crippen LogP contribution in [0.1, 0.15) is 43.0 Å². The third-order valence-corrected chi connectivity index (χ3v) is 5.72. The van der Waals surface area contributed by atoms with Crippen molar-refractivity contribution in [3.63, 3.8) is 0 Å². The van der Waals surface area contributed by atoms with Gasteiger partial charge in [0.05, 0.1) is 18.0 Å². The number of hydrogen-bond donors (Lipinski definition) is 1. The van der Waals surface area contributed by atoms with Crippen LogP contribution in [-0.2, 0) is 9.53 Å². The van der Waals surface area contributed by atoms with E-state index in [-0.39, 0.29) is 24.0 Å². The number of carbonyl (C=O) groups is 1. The Kier molecular flexibility index (Phi) is 4.74. The van der Waals surface area contributed by atoms with Crippen LogP contribution in [0.3, 0.4) is 0 Å². The molecule has 3 atom stereocenters. The monoisotopic (exact) mass is 355 g/mol. The Morgan fingerprint density at radius 3 is 2.69 bits per heavy atom. The van der Waals surface area contributed by atoms with Gasteiger partial charge in [0.1, 0.15) is 0 Å². The lowest BCUT2D eigenvalue weighted by Gasteiger charge is -2.25. The summed E-state index contributed by atoms with van der Waals surface area (Å²) in [5, 5.41) is 10.9. The minimum atomic E-state index is 0.115. The van der Waals surface area contributed by atoms with E-state index in [0.29, 0.717) is 6.42 Å². The molecule has 1 N–H and O–H groups in total. The van der Waals surface area contributed by atoms with Gasteiger partial charge < -0.3 is 9.64 Å². The topological polar surface area (TPSA) is 74.3 Å². The highest BCUT2D eigenvalue weighted by molar-refractivity contribution is 5.95. The molecule has 0 spiro atoms. The van der Waals surface area contributed by atoms with Crippen molar-refractivity contribution >= 4 is 11.6 Å². The van der Waals surface area contributed by atoms with Gasteiger partial charge in [-0.1, -0.05) is 12.1 Å². The van der Waals surface area contributed by atoms with Crippen molar-refractivity contribution in [1.29, 1.82) is 0 Å². The van der Waals surface area contributed by atoms with E-state index in [1.54, 1.807) is 13.3 Å². The first-order chi connectivity index (χ1) is 12.7. The van der Waals surface area contributed by atoms with Crippen LogP contribution in [0.4, 0.5) is 5.69 Å². The molecule has 1 aromatic heterocycles. The van der Waals surface area contributed by atoms with E-state index >= 15 is 0 Å². The van der Waals surface area contributed by atoms with Gasteiger partial charge in [0.2, 0.25) is 5.91 Å². The number of aromatic amines is 1. The van der Waals surface area contributed by atoms with Gasteiger partial charge in [0.25, 0.3) is 0 Å². The lowest BCUT2D eigenvalue weighted by atomic mass is 10.0. The molecule has 2 aromatic rings. The number of methoxy groups -OCH3 is 1. The fourth-order valence-corrected chi connectivity index (χ4v) is 4.10. The summed E-state index contributed by atoms with van der Waals surface area (Å²) in [5.74, 6) is 0.450. The number of H-pyrrole nitrogens is 1. The predicted octanol–water partition coefficient (Wildman–Crippen LogP) is 2.11. The number of amides is 1. The molecule has 4 rings (SSSR count). The molecule has 138 valence electrons. The van der Waals surface area contributed by atoms with Crippen molar-refractivity contribution in [2.24, 2.45) is 0 Å². The molecule has 3 heterocycles. The predicted molar refractivity (Wildman–Crippen MR) is 97.9 cm³/mol. The van der Waals surface area contributed by atoms with Crippen molar-refractivity contribution in [2.45, 2.75) is 37.8 Å². The van der Waals surface area contributed by atoms with Gasteiger partial charge in [-0.05, 0) is 31.0 Å². The Morgan fingerprint density at radius 2 is 2.08 bits per heavy atom. The Bertz CT molecular complexity index is 746. The lowest BCUT2D eigenvalue weighted by Crippen LogP contribution is -2.26. The normalized spacial score (nSPS) is 25.2. The third-order valence-electron chi connectivity index (χ3n) is 5.72. The van der Waals surface area contributed by atoms with E-state index in [9.17, 15) is 4.79 Å². The van der Waals surface area contributed by atoms with E-state index in [4.69, 9.17) is 4.74 Å². The smallest absolute Gasteiger partial charge is 0.227 e. The third kappa shape index (κ3) is 3.12. The van der Waals surface area contributed by atoms with Crippen molar-refractivity contribution < 1.29 is 9.53 Å². The zero-order valence-electron chi connectivity index (χ0n) is 15.3. The number of ether oxygens (including phenoxy) is 1. The number of benzene rings is 1. The fourth-order valence-electron chi connectivity index (χ4n) is 4.10. The molecule has 26 heavy (non-hydrogen) atoms. The molecule has 2 saturated heterocycles. The second-order valence-corrected chi connectivity index (χ2v) is 7.15. The maximum absolute atomic E-state index is 11.9. The van der Waals surface area contributed by atoms with Gasteiger partial charge >= 0.3 is 0 Å². The summed E-state index contributed by atoms with van der Waals surface area (Å²) in [4.78, 5) is 16.2. The minimum Gasteiger partial charge on any atom is -0.379 e. The van der Waals surface area contributed by atoms with Gasteiger partial charge in [-0.3, -0.25) is 9.69 Å². The van der Waals surface area contributed by atoms with Crippen molar-refractivity contribution in [3.8, 4) is 0 Å². The van der Waals surface area contributed by atoms with E-state index < -0.39 is 0 Å². The Hall–Kier alpha value is -2.25. The fraction of sp³-hybridized carbons (Fsp3) is 0.526. The Labute approximate surface area is 153 Å². The first-order valence-corrected chi connectivity index (χ1v) is 9.20. The second-order valence-electron chi connectivity index (χ2n) is 7.15. The first-order valence-electron chi connectivity index (χ1n) is 9.20. The summed E-state index contributed by atoms with van der Waals surface area (Å²) in [6.07, 6.45) is 3.51. The number of hydrogen-bond acceptors (Lipinski definition) is 5. The van der Waals surface area contributed by atoms with Crippen LogP contribution in [0, 0.1) is 0 Å². The number of rotatable bonds is 5. The summed E-state index contributed by atoms with van der Waals surface area (Å²) in [6, 6.07) is 8.67. The van der Waals surface area contributed by atoms with Gasteiger partial charge in [-0.15, -0.1) is 0 Å². The van der Waals surface area contributed by atoms with Crippen LogP contribution >= 0.6 is 0 Å². The van der Waals surface area contributed by atoms with Gasteiger partial charge in [0.15, 0.2) is 0 Å². The molecule has 2 fully saturated rings. The molecule has 7 nitrogen and oxygen atoms in total. The summed E-state index contributed by atoms with van der Waals surface area (Å²) in [6.45, 7) is 4.79. The summed E-state index contributed by atoms with van der Waals surface area (Å²) in [7, 11) is 1.76. The molecule has 1 aromatic carbocycles. The zero-order valence-corrected chi connectivity index (χ0v) is 15.3. The molecule has 2 aliphatic heterocycles. The van der Waals surface area contributed by atoms with E-state index in [2.05, 4.69) is 51.5 Å². The van der Waals surface area contributed by atoms with E-state index in [1.165, 1.54) is 5.56 Å². The summed E-state index contributed by atoms with van der Waals surface area (Å²) in [5.41, 5.74) is 3.20. The van der Waals surface area contributed by atoms with Gasteiger partial charge in [-0.2, -0.15) is 15.4 Å². The Balaban J connectivity index is 1.47. The summed E-state index contributed by atoms with van der Waals surface area (Å²) >= 11 is 0. The van der Waals surface area contributed by atoms with Crippen molar-refractivity contribution in [1.82, 2.24) is 20.3 Å². The quantitative estimate of drug-likeness (QED) is 0.889. The van der Waals surface area contributed by atoms with Crippen molar-refractivity contribution in [2.75, 3.05) is 31.6 Å². The number of nitrogens with one attached hydrogen (secondary N) is 1. The number of nitrogens with zero attached hydrogens (tertiary/aromatic N) is 4. The summed E-state index contributed by atoms with van der Waals surface area (Å²) < 4.78 is 5.69. The second kappa shape index (κ2) is 7.17. The number of anilines is 1. The zero-order chi connectivity index (χ0) is 18.1. The lowest BCUT2D eigenvalue weighted by molar-refractivity contribution is -0.117. The molecule has 0 aliphatic carbocycles. The largest absolute Gasteiger partial charge is 0.379 e. The number of carbonyl (C=O) groups excluding carboxylic acids is 1. The van der Waals surface area contributed by atoms with Crippen LogP contribution in [0.15, 0.2) is 30.5 Å². The van der Waals surface area contributed by atoms with Gasteiger partial charge in [0, 0.05) is 50.8 Å². The molecule has 0 bridgehead atoms. The first kappa shape index (κ1) is 17.2. The van der Waals surface area contributed by atoms with Crippen LogP contribution in [-0.4, -0.2) is 59.1 Å². The molecule has 0 radical (unpaired) electrons. The standard InChI is InChI=1S/C19H25N5O2/c1-13(14-5-7-15(8-6-14)24-9-3-4-19(24)25)23-11-16(18(12-23)26-2)17-10-20-22-21-17/h5-8,10,13,16,18H,3-4,9,11-12H2,1-2H3,(H,20,21,22)/t13?,16-,18+/m0/s1. The Morgan fingerprint density at radius 1 is 1.27 bits per heavy atom. The molecular weight excluding hydrogens is 330 g/mol. The molecule has 2 aliphatic rings. The highest BCUT2D eigenvalue weighted by Gasteiger charge is 2.37. The molecule has 1 amide bonds. The maximum atomic E-state index is 11.9. The van der Waals surface area contributed by atoms with Crippen LogP contribution in [0.5, 0.6) is 0 Å². The molecule has 1 unspecified atom stereocenters. The average Bonchev–Trinajstić information content (AvgIpc) is 3.41. The van der Waals surface area contributed by atoms with E-state index in [0.717, 1.165) is 37.4 Å². The van der Waals surface area contributed by atoms with Crippen molar-refractivity contribution in [3.05, 3.63) is 41.7 Å². The maximum Gasteiger partial charge on any atom is 0.227 e. The molecule has 7 heteroatoms. The molecular formula is C19H25N5O2. The average molecular weight is 355 g/mol. The van der Waals surface area contributed by atoms with Gasteiger partial charge in [-0.25, -0.2) is 0 Å². The van der Waals surface area contributed by atoms with E-state index in [1.807, 2.05) is 4.90 Å². The minimum absolute atomic E-state index is 0.115. The highest BCUT2D eigenvalue weighted by atomic mass is 16.5. The molecule has 0 saturated carbocycles. The highest BCUT2D eigenvalue weighted by Crippen LogP contribution is 2.34. The van der Waals surface area contributed by atoms with Crippen LogP contribution in [0.25, 0.3) is 0 Å². The SMILES string of the molecule is CO[C@@H]1CN(C(C)c2ccc(N3CCCC3=O)cc2)C[C@H]1c1cn[nH]n1. The van der Waals surface area contributed by atoms with Crippen LogP contribution in [0.2, 0.25) is 0 Å². The van der Waals surface area contributed by atoms with Crippen LogP contribution < -0.4 is 4.90 Å². The number of aromatic nitrogens is 3.